The molecule has 0 bridgehead atoms. The molecule has 0 saturated carbocycles. The fraction of sp³-hybridized carbons (Fsp3) is 0.462. The Bertz CT molecular complexity index is 350. The monoisotopic (exact) mass is 190 g/mol. The Balaban J connectivity index is 2.88. The Labute approximate surface area is 86.1 Å². The van der Waals surface area contributed by atoms with Crippen molar-refractivity contribution in [2.45, 2.75) is 40.5 Å². The summed E-state index contributed by atoms with van der Waals surface area (Å²) in [6.07, 6.45) is 1.53. The smallest absolute Gasteiger partial charge is 0.130 e. The topological polar surface area (TPSA) is 17.1 Å². The van der Waals surface area contributed by atoms with Crippen molar-refractivity contribution in [2.75, 3.05) is 0 Å². The molecule has 0 unspecified atom stereocenters. The van der Waals surface area contributed by atoms with E-state index in [-0.39, 0.29) is 5.78 Å². The average Bonchev–Trinajstić information content (AvgIpc) is 2.13. The van der Waals surface area contributed by atoms with Crippen molar-refractivity contribution in [1.82, 2.24) is 0 Å². The Morgan fingerprint density at radius 2 is 1.79 bits per heavy atom. The van der Waals surface area contributed by atoms with Crippen LogP contribution >= 0.6 is 0 Å². The summed E-state index contributed by atoms with van der Waals surface area (Å²) in [5.74, 6) is 0.266. The zero-order valence-electron chi connectivity index (χ0n) is 9.48. The van der Waals surface area contributed by atoms with Crippen LogP contribution in [0.25, 0.3) is 0 Å². The zero-order chi connectivity index (χ0) is 10.7. The normalized spacial score (nSPS) is 10.3. The molecule has 0 N–H and O–H groups in total. The Hall–Kier alpha value is -1.11. The van der Waals surface area contributed by atoms with Gasteiger partial charge in [-0.25, -0.2) is 0 Å². The number of hydrogen-bond acceptors (Lipinski definition) is 1. The van der Waals surface area contributed by atoms with Gasteiger partial charge in [0.1, 0.15) is 5.78 Å². The molecule has 1 nitrogen and oxygen atoms in total. The van der Waals surface area contributed by atoms with Crippen LogP contribution in [0.5, 0.6) is 0 Å². The molecular weight excluding hydrogens is 172 g/mol. The van der Waals surface area contributed by atoms with Crippen LogP contribution in [-0.2, 0) is 11.2 Å². The SMILES string of the molecule is CC(=O)CCc1ccc(C)c(C)c1C. The molecule has 0 aliphatic carbocycles. The maximum atomic E-state index is 10.9. The Morgan fingerprint density at radius 1 is 1.14 bits per heavy atom. The van der Waals surface area contributed by atoms with Crippen molar-refractivity contribution >= 4 is 5.78 Å². The van der Waals surface area contributed by atoms with Gasteiger partial charge in [-0.05, 0) is 56.4 Å². The van der Waals surface area contributed by atoms with Gasteiger partial charge >= 0.3 is 0 Å². The minimum atomic E-state index is 0.266. The van der Waals surface area contributed by atoms with Crippen molar-refractivity contribution in [1.29, 1.82) is 0 Å². The van der Waals surface area contributed by atoms with Crippen molar-refractivity contribution in [3.8, 4) is 0 Å². The molecule has 0 atom stereocenters. The van der Waals surface area contributed by atoms with E-state index < -0.39 is 0 Å². The van der Waals surface area contributed by atoms with E-state index in [4.69, 9.17) is 0 Å². The summed E-state index contributed by atoms with van der Waals surface area (Å²) in [5.41, 5.74) is 5.33. The molecule has 1 rings (SSSR count). The van der Waals surface area contributed by atoms with Gasteiger partial charge in [0.25, 0.3) is 0 Å². The van der Waals surface area contributed by atoms with Gasteiger partial charge in [0.15, 0.2) is 0 Å². The number of ketones is 1. The quantitative estimate of drug-likeness (QED) is 0.715. The highest BCUT2D eigenvalue weighted by atomic mass is 16.1. The van der Waals surface area contributed by atoms with Gasteiger partial charge < -0.3 is 4.79 Å². The second kappa shape index (κ2) is 4.41. The maximum Gasteiger partial charge on any atom is 0.130 e. The Kier molecular flexibility index (Phi) is 3.45. The zero-order valence-corrected chi connectivity index (χ0v) is 9.48. The van der Waals surface area contributed by atoms with Gasteiger partial charge in [-0.15, -0.1) is 0 Å². The molecule has 1 heteroatoms. The number of carbonyl (C=O) groups is 1. The molecule has 14 heavy (non-hydrogen) atoms. The minimum absolute atomic E-state index is 0.266. The third-order valence-electron chi connectivity index (χ3n) is 2.92. The summed E-state index contributed by atoms with van der Waals surface area (Å²) in [4.78, 5) is 10.9. The highest BCUT2D eigenvalue weighted by Crippen LogP contribution is 2.18. The van der Waals surface area contributed by atoms with E-state index in [0.29, 0.717) is 6.42 Å². The third kappa shape index (κ3) is 2.44. The molecule has 0 aromatic heterocycles. The average molecular weight is 190 g/mol. The van der Waals surface area contributed by atoms with E-state index >= 15 is 0 Å². The third-order valence-corrected chi connectivity index (χ3v) is 2.92. The number of rotatable bonds is 3. The van der Waals surface area contributed by atoms with Crippen LogP contribution in [0.3, 0.4) is 0 Å². The summed E-state index contributed by atoms with van der Waals surface area (Å²) in [6.45, 7) is 8.05. The number of carbonyl (C=O) groups excluding carboxylic acids is 1. The highest BCUT2D eigenvalue weighted by molar-refractivity contribution is 5.75. The van der Waals surface area contributed by atoms with Gasteiger partial charge in [0, 0.05) is 6.42 Å². The van der Waals surface area contributed by atoms with Crippen LogP contribution in [0.4, 0.5) is 0 Å². The van der Waals surface area contributed by atoms with Crippen molar-refractivity contribution < 1.29 is 4.79 Å². The predicted octanol–water partition coefficient (Wildman–Crippen LogP) is 3.13. The molecule has 0 aliphatic rings. The van der Waals surface area contributed by atoms with Crippen molar-refractivity contribution in [3.63, 3.8) is 0 Å². The summed E-state index contributed by atoms with van der Waals surface area (Å²) in [7, 11) is 0. The molecule has 0 aliphatic heterocycles. The second-order valence-corrected chi connectivity index (χ2v) is 3.99. The Morgan fingerprint density at radius 3 is 2.36 bits per heavy atom. The molecule has 0 saturated heterocycles. The van der Waals surface area contributed by atoms with Gasteiger partial charge in [-0.2, -0.15) is 0 Å². The first-order chi connectivity index (χ1) is 6.52. The number of aryl methyl sites for hydroxylation is 2. The van der Waals surface area contributed by atoms with E-state index in [2.05, 4.69) is 32.9 Å². The first kappa shape index (κ1) is 11.0. The summed E-state index contributed by atoms with van der Waals surface area (Å²) >= 11 is 0. The largest absolute Gasteiger partial charge is 0.300 e. The molecule has 0 spiro atoms. The van der Waals surface area contributed by atoms with E-state index in [1.807, 2.05) is 0 Å². The first-order valence-corrected chi connectivity index (χ1v) is 5.07. The van der Waals surface area contributed by atoms with E-state index in [1.54, 1.807) is 6.92 Å². The summed E-state index contributed by atoms with van der Waals surface area (Å²) < 4.78 is 0. The molecule has 1 aromatic carbocycles. The standard InChI is InChI=1S/C13H18O/c1-9-5-7-13(8-6-10(2)14)12(4)11(9)3/h5,7H,6,8H2,1-4H3. The maximum absolute atomic E-state index is 10.9. The van der Waals surface area contributed by atoms with Gasteiger partial charge in [-0.3, -0.25) is 0 Å². The minimum Gasteiger partial charge on any atom is -0.300 e. The van der Waals surface area contributed by atoms with Crippen LogP contribution in [0, 0.1) is 20.8 Å². The summed E-state index contributed by atoms with van der Waals surface area (Å²) in [6, 6.07) is 4.28. The fourth-order valence-corrected chi connectivity index (χ4v) is 1.59. The van der Waals surface area contributed by atoms with Crippen LogP contribution in [0.2, 0.25) is 0 Å². The number of hydrogen-bond donors (Lipinski definition) is 0. The predicted molar refractivity (Wildman–Crippen MR) is 59.7 cm³/mol. The second-order valence-electron chi connectivity index (χ2n) is 3.99. The number of benzene rings is 1. The van der Waals surface area contributed by atoms with Crippen molar-refractivity contribution in [3.05, 3.63) is 34.4 Å². The first-order valence-electron chi connectivity index (χ1n) is 5.07. The van der Waals surface area contributed by atoms with E-state index in [9.17, 15) is 4.79 Å². The molecule has 0 radical (unpaired) electrons. The molecular formula is C13H18O. The number of Topliss-reactive ketones (excluding diaryl/α,β-unsaturated/α-hetero) is 1. The lowest BCUT2D eigenvalue weighted by atomic mass is 9.96. The highest BCUT2D eigenvalue weighted by Gasteiger charge is 2.04. The van der Waals surface area contributed by atoms with Crippen LogP contribution in [-0.4, -0.2) is 5.78 Å². The lowest BCUT2D eigenvalue weighted by molar-refractivity contribution is -0.116. The van der Waals surface area contributed by atoms with Gasteiger partial charge in [-0.1, -0.05) is 12.1 Å². The van der Waals surface area contributed by atoms with Crippen LogP contribution in [0.1, 0.15) is 35.6 Å². The van der Waals surface area contributed by atoms with Crippen molar-refractivity contribution in [2.24, 2.45) is 0 Å². The summed E-state index contributed by atoms with van der Waals surface area (Å²) in [5, 5.41) is 0. The van der Waals surface area contributed by atoms with Crippen LogP contribution in [0.15, 0.2) is 12.1 Å². The van der Waals surface area contributed by atoms with E-state index in [0.717, 1.165) is 6.42 Å². The lowest BCUT2D eigenvalue weighted by Gasteiger charge is -2.10. The van der Waals surface area contributed by atoms with Crippen LogP contribution < -0.4 is 0 Å². The molecule has 0 fully saturated rings. The molecule has 0 amide bonds. The fourth-order valence-electron chi connectivity index (χ4n) is 1.59. The lowest BCUT2D eigenvalue weighted by Crippen LogP contribution is -1.98. The van der Waals surface area contributed by atoms with Gasteiger partial charge in [0.05, 0.1) is 0 Å². The van der Waals surface area contributed by atoms with Gasteiger partial charge in [0.2, 0.25) is 0 Å². The molecule has 1 aromatic rings. The van der Waals surface area contributed by atoms with E-state index in [1.165, 1.54) is 22.3 Å². The molecule has 76 valence electrons. The molecule has 0 heterocycles.